The van der Waals surface area contributed by atoms with Crippen molar-refractivity contribution in [1.82, 2.24) is 9.97 Å². The Morgan fingerprint density at radius 3 is 2.61 bits per heavy atom. The fourth-order valence-electron chi connectivity index (χ4n) is 3.59. The summed E-state index contributed by atoms with van der Waals surface area (Å²) in [5, 5.41) is 3.01. The van der Waals surface area contributed by atoms with Crippen LogP contribution in [0.15, 0.2) is 60.8 Å². The second-order valence-electron chi connectivity index (χ2n) is 7.38. The van der Waals surface area contributed by atoms with Gasteiger partial charge in [-0.05, 0) is 41.2 Å². The van der Waals surface area contributed by atoms with Gasteiger partial charge >= 0.3 is 0 Å². The van der Waals surface area contributed by atoms with E-state index in [4.69, 9.17) is 0 Å². The van der Waals surface area contributed by atoms with Gasteiger partial charge in [0, 0.05) is 25.0 Å². The molecule has 0 unspecified atom stereocenters. The van der Waals surface area contributed by atoms with Crippen LogP contribution in [0.1, 0.15) is 46.9 Å². The predicted molar refractivity (Wildman–Crippen MR) is 112 cm³/mol. The lowest BCUT2D eigenvalue weighted by Gasteiger charge is -2.28. The number of nitrogens with one attached hydrogen (secondary N) is 1. The van der Waals surface area contributed by atoms with Gasteiger partial charge in [-0.25, -0.2) is 9.97 Å². The van der Waals surface area contributed by atoms with Gasteiger partial charge in [-0.2, -0.15) is 0 Å². The van der Waals surface area contributed by atoms with Gasteiger partial charge in [0.25, 0.3) is 5.91 Å². The summed E-state index contributed by atoms with van der Waals surface area (Å²) < 4.78 is 0. The Kier molecular flexibility index (Phi) is 5.06. The number of fused-ring (bicyclic) bond motifs is 1. The number of carbonyl (C=O) groups excluding carboxylic acids is 1. The highest BCUT2D eigenvalue weighted by molar-refractivity contribution is 6.03. The van der Waals surface area contributed by atoms with Crippen molar-refractivity contribution in [3.05, 3.63) is 83.2 Å². The third-order valence-electron chi connectivity index (χ3n) is 5.12. The van der Waals surface area contributed by atoms with E-state index in [2.05, 4.69) is 58.3 Å². The average molecular weight is 372 g/mol. The van der Waals surface area contributed by atoms with Crippen molar-refractivity contribution in [1.29, 1.82) is 0 Å². The average Bonchev–Trinajstić information content (AvgIpc) is 2.73. The summed E-state index contributed by atoms with van der Waals surface area (Å²) in [5.41, 5.74) is 4.98. The Hall–Kier alpha value is -3.21. The molecule has 5 nitrogen and oxygen atoms in total. The molecule has 4 rings (SSSR count). The molecular formula is C23H24N4O. The third kappa shape index (κ3) is 3.74. The molecule has 0 atom stereocenters. The molecule has 142 valence electrons. The second-order valence-corrected chi connectivity index (χ2v) is 7.38. The van der Waals surface area contributed by atoms with Crippen molar-refractivity contribution < 1.29 is 4.79 Å². The molecule has 1 N–H and O–H groups in total. The molecular weight excluding hydrogens is 348 g/mol. The molecule has 0 fully saturated rings. The normalized spacial score (nSPS) is 13.3. The molecule has 0 saturated carbocycles. The van der Waals surface area contributed by atoms with Crippen LogP contribution >= 0.6 is 0 Å². The number of aromatic nitrogens is 2. The van der Waals surface area contributed by atoms with E-state index < -0.39 is 0 Å². The number of hydrogen-bond acceptors (Lipinski definition) is 4. The fourth-order valence-corrected chi connectivity index (χ4v) is 3.59. The van der Waals surface area contributed by atoms with E-state index >= 15 is 0 Å². The summed E-state index contributed by atoms with van der Waals surface area (Å²) in [6, 6.07) is 18.0. The Bertz CT molecular complexity index is 999. The molecule has 0 radical (unpaired) electrons. The minimum Gasteiger partial charge on any atom is -0.336 e. The first-order valence-corrected chi connectivity index (χ1v) is 9.67. The first kappa shape index (κ1) is 18.2. The number of anilines is 2. The zero-order valence-corrected chi connectivity index (χ0v) is 16.2. The lowest BCUT2D eigenvalue weighted by molar-refractivity contribution is 0.102. The maximum Gasteiger partial charge on any atom is 0.274 e. The Morgan fingerprint density at radius 2 is 1.79 bits per heavy atom. The Labute approximate surface area is 165 Å². The lowest BCUT2D eigenvalue weighted by Crippen LogP contribution is -2.32. The number of rotatable bonds is 4. The van der Waals surface area contributed by atoms with Crippen LogP contribution in [0, 0.1) is 0 Å². The predicted octanol–water partition coefficient (Wildman–Crippen LogP) is 4.42. The molecule has 1 aromatic heterocycles. The van der Waals surface area contributed by atoms with Gasteiger partial charge in [-0.15, -0.1) is 0 Å². The van der Waals surface area contributed by atoms with Gasteiger partial charge in [-0.3, -0.25) is 4.79 Å². The first-order valence-electron chi connectivity index (χ1n) is 9.67. The van der Waals surface area contributed by atoms with E-state index in [-0.39, 0.29) is 5.91 Å². The first-order chi connectivity index (χ1) is 13.6. The number of hydrogen-bond donors (Lipinski definition) is 1. The van der Waals surface area contributed by atoms with E-state index in [0.717, 1.165) is 30.8 Å². The summed E-state index contributed by atoms with van der Waals surface area (Å²) in [4.78, 5) is 23.9. The highest BCUT2D eigenvalue weighted by atomic mass is 16.1. The van der Waals surface area contributed by atoms with Crippen LogP contribution < -0.4 is 10.2 Å². The molecule has 1 amide bonds. The molecule has 0 aliphatic carbocycles. The van der Waals surface area contributed by atoms with Crippen molar-refractivity contribution in [3.63, 3.8) is 0 Å². The molecule has 5 heteroatoms. The summed E-state index contributed by atoms with van der Waals surface area (Å²) in [7, 11) is 0. The number of amides is 1. The monoisotopic (exact) mass is 372 g/mol. The lowest BCUT2D eigenvalue weighted by atomic mass is 10.0. The van der Waals surface area contributed by atoms with Crippen molar-refractivity contribution >= 4 is 17.5 Å². The maximum atomic E-state index is 12.8. The highest BCUT2D eigenvalue weighted by Crippen LogP contribution is 2.25. The topological polar surface area (TPSA) is 58.1 Å². The smallest absolute Gasteiger partial charge is 0.274 e. The van der Waals surface area contributed by atoms with Gasteiger partial charge in [0.1, 0.15) is 5.69 Å². The van der Waals surface area contributed by atoms with E-state index in [1.54, 1.807) is 12.3 Å². The summed E-state index contributed by atoms with van der Waals surface area (Å²) in [6.07, 6.45) is 2.61. The molecule has 3 aromatic rings. The van der Waals surface area contributed by atoms with Crippen LogP contribution in [0.25, 0.3) is 0 Å². The summed E-state index contributed by atoms with van der Waals surface area (Å²) in [5.74, 6) is 0.708. The fraction of sp³-hybridized carbons (Fsp3) is 0.261. The van der Waals surface area contributed by atoms with Crippen molar-refractivity contribution in [2.24, 2.45) is 0 Å². The zero-order chi connectivity index (χ0) is 19.5. The maximum absolute atomic E-state index is 12.8. The van der Waals surface area contributed by atoms with Crippen LogP contribution in [-0.2, 0) is 13.0 Å². The minimum absolute atomic E-state index is 0.214. The van der Waals surface area contributed by atoms with Gasteiger partial charge in [0.05, 0.1) is 0 Å². The van der Waals surface area contributed by atoms with Gasteiger partial charge in [-0.1, -0.05) is 56.3 Å². The number of para-hydroxylation sites is 1. The highest BCUT2D eigenvalue weighted by Gasteiger charge is 2.19. The van der Waals surface area contributed by atoms with Crippen LogP contribution in [0.3, 0.4) is 0 Å². The molecule has 1 aliphatic rings. The van der Waals surface area contributed by atoms with Crippen LogP contribution in [0.5, 0.6) is 0 Å². The summed E-state index contributed by atoms with van der Waals surface area (Å²) in [6.45, 7) is 5.83. The van der Waals surface area contributed by atoms with Crippen molar-refractivity contribution in [3.8, 4) is 0 Å². The van der Waals surface area contributed by atoms with Gasteiger partial charge in [0.15, 0.2) is 0 Å². The molecule has 28 heavy (non-hydrogen) atoms. The van der Waals surface area contributed by atoms with Gasteiger partial charge in [0.2, 0.25) is 5.95 Å². The quantitative estimate of drug-likeness (QED) is 0.737. The second kappa shape index (κ2) is 7.80. The molecule has 2 heterocycles. The van der Waals surface area contributed by atoms with E-state index in [0.29, 0.717) is 17.6 Å². The zero-order valence-electron chi connectivity index (χ0n) is 16.2. The van der Waals surface area contributed by atoms with Gasteiger partial charge < -0.3 is 10.2 Å². The van der Waals surface area contributed by atoms with Crippen LogP contribution in [0.2, 0.25) is 0 Å². The summed E-state index contributed by atoms with van der Waals surface area (Å²) >= 11 is 0. The molecule has 0 bridgehead atoms. The Morgan fingerprint density at radius 1 is 1.04 bits per heavy atom. The number of benzene rings is 2. The molecule has 2 aromatic carbocycles. The van der Waals surface area contributed by atoms with Crippen molar-refractivity contribution in [2.75, 3.05) is 16.8 Å². The standard InChI is InChI=1S/C23H24N4O/c1-16(2)19-9-5-6-10-20(19)25-22(28)21-11-13-24-23(26-21)27-14-12-17-7-3-4-8-18(17)15-27/h3-11,13,16H,12,14-15H2,1-2H3,(H,25,28). The molecule has 1 aliphatic heterocycles. The third-order valence-corrected chi connectivity index (χ3v) is 5.12. The van der Waals surface area contributed by atoms with Crippen LogP contribution in [0.4, 0.5) is 11.6 Å². The van der Waals surface area contributed by atoms with E-state index in [1.165, 1.54) is 11.1 Å². The van der Waals surface area contributed by atoms with Crippen molar-refractivity contribution in [2.45, 2.75) is 32.7 Å². The van der Waals surface area contributed by atoms with E-state index in [9.17, 15) is 4.79 Å². The number of nitrogens with zero attached hydrogens (tertiary/aromatic N) is 3. The largest absolute Gasteiger partial charge is 0.336 e. The molecule has 0 saturated heterocycles. The molecule has 0 spiro atoms. The Balaban J connectivity index is 1.54. The van der Waals surface area contributed by atoms with Crippen LogP contribution in [-0.4, -0.2) is 22.4 Å². The SMILES string of the molecule is CC(C)c1ccccc1NC(=O)c1ccnc(N2CCc3ccccc3C2)n1. The minimum atomic E-state index is -0.214. The number of carbonyl (C=O) groups is 1. The van der Waals surface area contributed by atoms with E-state index in [1.807, 2.05) is 24.3 Å².